The molecule has 0 aromatic heterocycles. The molecule has 0 fully saturated rings. The molecule has 0 unspecified atom stereocenters. The van der Waals surface area contributed by atoms with Crippen molar-refractivity contribution in [2.24, 2.45) is 11.8 Å². The second kappa shape index (κ2) is 17.3. The number of hydrogen-bond acceptors (Lipinski definition) is 6. The molecule has 0 aliphatic heterocycles. The van der Waals surface area contributed by atoms with E-state index in [1.165, 1.54) is 63.4 Å². The zero-order valence-electron chi connectivity index (χ0n) is 27.5. The van der Waals surface area contributed by atoms with Crippen LogP contribution in [0.5, 0.6) is 5.75 Å². The highest BCUT2D eigenvalue weighted by molar-refractivity contribution is 6.30. The summed E-state index contributed by atoms with van der Waals surface area (Å²) in [6.07, 6.45) is -6.18. The highest BCUT2D eigenvalue weighted by Gasteiger charge is 2.52. The van der Waals surface area contributed by atoms with E-state index in [-0.39, 0.29) is 17.5 Å². The monoisotopic (exact) mass is 741 g/mol. The van der Waals surface area contributed by atoms with Crippen LogP contribution >= 0.6 is 11.6 Å². The molecular formula is C35H34ClF6N3O6. The summed E-state index contributed by atoms with van der Waals surface area (Å²) in [5.41, 5.74) is 0.461. The van der Waals surface area contributed by atoms with Crippen LogP contribution < -0.4 is 20.7 Å². The minimum atomic E-state index is -5.03. The Kier molecular flexibility index (Phi) is 13.8. The van der Waals surface area contributed by atoms with Gasteiger partial charge in [-0.15, -0.1) is 0 Å². The van der Waals surface area contributed by atoms with Gasteiger partial charge in [0, 0.05) is 29.3 Å². The third-order valence-electron chi connectivity index (χ3n) is 7.70. The third-order valence-corrected chi connectivity index (χ3v) is 7.94. The van der Waals surface area contributed by atoms with Gasteiger partial charge in [0.15, 0.2) is 5.78 Å². The third kappa shape index (κ3) is 11.6. The van der Waals surface area contributed by atoms with Gasteiger partial charge >= 0.3 is 12.1 Å². The molecule has 0 radical (unpaired) electrons. The topological polar surface area (TPSA) is 131 Å². The van der Waals surface area contributed by atoms with Gasteiger partial charge in [0.05, 0.1) is 7.11 Å². The summed E-state index contributed by atoms with van der Waals surface area (Å²) in [7, 11) is 1.37. The predicted molar refractivity (Wildman–Crippen MR) is 174 cm³/mol. The lowest BCUT2D eigenvalue weighted by molar-refractivity contribution is -0.167. The van der Waals surface area contributed by atoms with Crippen LogP contribution in [0.25, 0.3) is 0 Å². The van der Waals surface area contributed by atoms with E-state index in [1.54, 1.807) is 18.2 Å². The number of methoxy groups -OCH3 is 1. The van der Waals surface area contributed by atoms with Crippen molar-refractivity contribution < 1.29 is 55.1 Å². The Balaban J connectivity index is 1.97. The number of carbonyl (C=O) groups is 5. The first kappa shape index (κ1) is 40.5. The van der Waals surface area contributed by atoms with Crippen LogP contribution in [0, 0.1) is 17.7 Å². The Hall–Kier alpha value is -4.92. The molecule has 0 aliphatic rings. The lowest BCUT2D eigenvalue weighted by Crippen LogP contribution is -2.52. The van der Waals surface area contributed by atoms with E-state index in [1.807, 2.05) is 0 Å². The average molecular weight is 742 g/mol. The number of halogens is 7. The Morgan fingerprint density at radius 1 is 0.863 bits per heavy atom. The Labute approximate surface area is 294 Å². The van der Waals surface area contributed by atoms with Crippen LogP contribution in [0.15, 0.2) is 72.8 Å². The number of carbonyl (C=O) groups excluding carboxylic acids is 5. The van der Waals surface area contributed by atoms with Crippen molar-refractivity contribution in [3.8, 4) is 5.75 Å². The van der Waals surface area contributed by atoms with E-state index < -0.39 is 84.1 Å². The second-order valence-corrected chi connectivity index (χ2v) is 12.3. The van der Waals surface area contributed by atoms with Crippen LogP contribution in [-0.2, 0) is 25.6 Å². The fraction of sp³-hybridized carbons (Fsp3) is 0.343. The lowest BCUT2D eigenvalue weighted by Gasteiger charge is -2.27. The molecule has 9 nitrogen and oxygen atoms in total. The van der Waals surface area contributed by atoms with Gasteiger partial charge in [-0.2, -0.15) is 22.0 Å². The summed E-state index contributed by atoms with van der Waals surface area (Å²) in [6.45, 7) is 0.477. The van der Waals surface area contributed by atoms with Crippen molar-refractivity contribution in [3.05, 3.63) is 100 Å². The second-order valence-electron chi connectivity index (χ2n) is 11.8. The van der Waals surface area contributed by atoms with E-state index >= 15 is 0 Å². The molecule has 0 saturated carbocycles. The molecule has 0 saturated heterocycles. The number of nitrogens with one attached hydrogen (secondary N) is 3. The van der Waals surface area contributed by atoms with Gasteiger partial charge in [-0.3, -0.25) is 24.0 Å². The van der Waals surface area contributed by atoms with Crippen molar-refractivity contribution in [1.82, 2.24) is 16.0 Å². The smallest absolute Gasteiger partial charge is 0.405 e. The Morgan fingerprint density at radius 3 is 2.08 bits per heavy atom. The first-order valence-corrected chi connectivity index (χ1v) is 15.7. The summed E-state index contributed by atoms with van der Waals surface area (Å²) in [4.78, 5) is 65.8. The van der Waals surface area contributed by atoms with Crippen molar-refractivity contribution in [1.29, 1.82) is 0 Å². The number of amides is 3. The minimum absolute atomic E-state index is 0.108. The molecular weight excluding hydrogens is 708 g/mol. The molecule has 3 aromatic carbocycles. The molecule has 0 bridgehead atoms. The molecule has 274 valence electrons. The molecule has 0 spiro atoms. The SMILES string of the molecule is COc1ccc([C@H](NC(=O)[C@H](Cc2cccc(Cl)c2)NC(=O)c2cccc(F)c2)C(=O)C[C@H](C(=O)C(F)(F)C(=O)NCC(F)(F)F)C(C)C)cc1. The van der Waals surface area contributed by atoms with Crippen LogP contribution in [0.1, 0.15) is 47.8 Å². The fourth-order valence-corrected chi connectivity index (χ4v) is 5.18. The number of rotatable bonds is 16. The largest absolute Gasteiger partial charge is 0.497 e. The van der Waals surface area contributed by atoms with Gasteiger partial charge in [-0.05, 0) is 59.5 Å². The van der Waals surface area contributed by atoms with Gasteiger partial charge in [0.2, 0.25) is 11.7 Å². The van der Waals surface area contributed by atoms with Gasteiger partial charge in [0.1, 0.15) is 30.2 Å². The fourth-order valence-electron chi connectivity index (χ4n) is 4.97. The summed E-state index contributed by atoms with van der Waals surface area (Å²) in [5.74, 6) is -15.6. The summed E-state index contributed by atoms with van der Waals surface area (Å²) in [6, 6.07) is 13.5. The van der Waals surface area contributed by atoms with Crippen molar-refractivity contribution in [2.75, 3.05) is 13.7 Å². The van der Waals surface area contributed by atoms with E-state index in [9.17, 15) is 50.3 Å². The maximum Gasteiger partial charge on any atom is 0.405 e. The maximum atomic E-state index is 14.9. The van der Waals surface area contributed by atoms with E-state index in [2.05, 4.69) is 10.6 Å². The zero-order chi connectivity index (χ0) is 38.1. The summed E-state index contributed by atoms with van der Waals surface area (Å²) in [5, 5.41) is 6.30. The van der Waals surface area contributed by atoms with E-state index in [0.29, 0.717) is 16.3 Å². The van der Waals surface area contributed by atoms with Gasteiger partial charge < -0.3 is 20.7 Å². The predicted octanol–water partition coefficient (Wildman–Crippen LogP) is 5.80. The molecule has 16 heteroatoms. The average Bonchev–Trinajstić information content (AvgIpc) is 3.07. The van der Waals surface area contributed by atoms with Gasteiger partial charge in [0.25, 0.3) is 11.8 Å². The highest BCUT2D eigenvalue weighted by atomic mass is 35.5. The number of hydrogen-bond donors (Lipinski definition) is 3. The number of ether oxygens (including phenoxy) is 1. The minimum Gasteiger partial charge on any atom is -0.497 e. The molecule has 51 heavy (non-hydrogen) atoms. The van der Waals surface area contributed by atoms with Crippen molar-refractivity contribution in [3.63, 3.8) is 0 Å². The van der Waals surface area contributed by atoms with Crippen LogP contribution in [-0.4, -0.2) is 61.1 Å². The van der Waals surface area contributed by atoms with Gasteiger partial charge in [-0.25, -0.2) is 4.39 Å². The highest BCUT2D eigenvalue weighted by Crippen LogP contribution is 2.30. The molecule has 3 rings (SSSR count). The van der Waals surface area contributed by atoms with Crippen molar-refractivity contribution in [2.45, 2.75) is 50.9 Å². The molecule has 3 aromatic rings. The Morgan fingerprint density at radius 2 is 1.51 bits per heavy atom. The molecule has 3 amide bonds. The van der Waals surface area contributed by atoms with Gasteiger partial charge in [-0.1, -0.05) is 55.8 Å². The standard InChI is InChI=1S/C35H34ClF6N3O6/c1-19(2)26(30(47)35(41,42)33(50)43-18-34(38,39)40)17-28(46)29(21-10-12-25(51-3)13-11-21)45-32(49)27(15-20-6-4-8-23(36)14-20)44-31(48)22-7-5-9-24(37)16-22/h4-14,16,19,26-27,29H,15,17-18H2,1-3H3,(H,43,50)(H,44,48)(H,45,49)/t26-,27-,29-/m0/s1. The number of benzene rings is 3. The van der Waals surface area contributed by atoms with E-state index in [4.69, 9.17) is 16.3 Å². The first-order valence-electron chi connectivity index (χ1n) is 15.4. The van der Waals surface area contributed by atoms with Crippen LogP contribution in [0.3, 0.4) is 0 Å². The molecule has 3 N–H and O–H groups in total. The first-order chi connectivity index (χ1) is 23.8. The number of Topliss-reactive ketones (excluding diaryl/α,β-unsaturated/α-hetero) is 2. The molecule has 0 aliphatic carbocycles. The lowest BCUT2D eigenvalue weighted by atomic mass is 9.82. The van der Waals surface area contributed by atoms with Crippen LogP contribution in [0.4, 0.5) is 26.3 Å². The quantitative estimate of drug-likeness (QED) is 0.126. The summed E-state index contributed by atoms with van der Waals surface area (Å²) < 4.78 is 86.5. The van der Waals surface area contributed by atoms with Crippen LogP contribution in [0.2, 0.25) is 5.02 Å². The molecule has 0 heterocycles. The van der Waals surface area contributed by atoms with Crippen molar-refractivity contribution >= 4 is 40.9 Å². The number of ketones is 2. The summed E-state index contributed by atoms with van der Waals surface area (Å²) >= 11 is 6.11. The normalized spacial score (nSPS) is 13.5. The zero-order valence-corrected chi connectivity index (χ0v) is 28.2. The van der Waals surface area contributed by atoms with E-state index in [0.717, 1.165) is 17.4 Å². The molecule has 3 atom stereocenters. The number of alkyl halides is 5. The maximum absolute atomic E-state index is 14.9. The Bertz CT molecular complexity index is 1740.